The maximum absolute atomic E-state index is 15.0. The number of allylic oxidation sites excluding steroid dienone is 1. The molecule has 1 aliphatic carbocycles. The summed E-state index contributed by atoms with van der Waals surface area (Å²) in [6.07, 6.45) is -5.81. The summed E-state index contributed by atoms with van der Waals surface area (Å²) >= 11 is 5.87. The Morgan fingerprint density at radius 2 is 1.68 bits per heavy atom. The number of halogens is 5. The highest BCUT2D eigenvalue weighted by atomic mass is 35.5. The van der Waals surface area contributed by atoms with Crippen molar-refractivity contribution in [2.24, 2.45) is 5.41 Å². The molecule has 2 aromatic rings. The first-order valence-electron chi connectivity index (χ1n) is 11.3. The summed E-state index contributed by atoms with van der Waals surface area (Å²) in [5.74, 6) is -4.40. The van der Waals surface area contributed by atoms with Crippen LogP contribution in [0.15, 0.2) is 47.7 Å². The number of hydrogen-bond acceptors (Lipinski definition) is 5. The zero-order valence-corrected chi connectivity index (χ0v) is 21.5. The molecule has 0 bridgehead atoms. The van der Waals surface area contributed by atoms with Gasteiger partial charge in [0.05, 0.1) is 30.5 Å². The van der Waals surface area contributed by atoms with E-state index in [-0.39, 0.29) is 41.3 Å². The van der Waals surface area contributed by atoms with Gasteiger partial charge in [0, 0.05) is 17.7 Å². The van der Waals surface area contributed by atoms with Crippen molar-refractivity contribution < 1.29 is 41.4 Å². The van der Waals surface area contributed by atoms with Crippen LogP contribution in [-0.4, -0.2) is 43.5 Å². The monoisotopic (exact) mass is 554 g/mol. The summed E-state index contributed by atoms with van der Waals surface area (Å²) < 4.78 is 69.1. The fourth-order valence-electron chi connectivity index (χ4n) is 4.87. The number of nitrogens with zero attached hydrogens (tertiary/aromatic N) is 1. The molecule has 2 amide bonds. The molecule has 38 heavy (non-hydrogen) atoms. The van der Waals surface area contributed by atoms with E-state index >= 15 is 0 Å². The van der Waals surface area contributed by atoms with Crippen LogP contribution in [0.3, 0.4) is 0 Å². The number of alkyl halides is 3. The highest BCUT2D eigenvalue weighted by Crippen LogP contribution is 2.53. The quantitative estimate of drug-likeness (QED) is 0.513. The second kappa shape index (κ2) is 9.30. The van der Waals surface area contributed by atoms with Crippen molar-refractivity contribution in [3.63, 3.8) is 0 Å². The number of ether oxygens (including phenoxy) is 2. The third kappa shape index (κ3) is 4.28. The minimum Gasteiger partial charge on any atom is -0.493 e. The summed E-state index contributed by atoms with van der Waals surface area (Å²) in [5.41, 5.74) is -6.04. The van der Waals surface area contributed by atoms with Crippen molar-refractivity contribution in [1.29, 1.82) is 0 Å². The van der Waals surface area contributed by atoms with Crippen LogP contribution >= 0.6 is 11.6 Å². The van der Waals surface area contributed by atoms with Crippen molar-refractivity contribution in [3.05, 3.63) is 64.1 Å². The Morgan fingerprint density at radius 3 is 2.26 bits per heavy atom. The summed E-state index contributed by atoms with van der Waals surface area (Å²) in [4.78, 5) is 41.0. The van der Waals surface area contributed by atoms with Crippen molar-refractivity contribution in [2.75, 3.05) is 19.1 Å². The Hall–Kier alpha value is -3.60. The standard InChI is InChI=1S/C26H23ClF4N2O5/c1-24(2)11-17-21(18(34)12-24)25(26(29,30)31,23(36)33(17)14-6-7-16(28)15(27)10-14)32-22(35)13-5-8-19(37-3)20(9-13)38-4/h5-10H,11-12H2,1-4H3,(H,32,35)/t25-/m0/s1. The van der Waals surface area contributed by atoms with Gasteiger partial charge in [0.2, 0.25) is 5.54 Å². The van der Waals surface area contributed by atoms with Gasteiger partial charge in [-0.15, -0.1) is 0 Å². The molecule has 0 fully saturated rings. The van der Waals surface area contributed by atoms with Gasteiger partial charge in [0.1, 0.15) is 5.82 Å². The van der Waals surface area contributed by atoms with Crippen LogP contribution in [0.4, 0.5) is 23.2 Å². The largest absolute Gasteiger partial charge is 0.493 e. The predicted molar refractivity (Wildman–Crippen MR) is 130 cm³/mol. The highest BCUT2D eigenvalue weighted by molar-refractivity contribution is 6.31. The number of amides is 2. The number of carbonyl (C=O) groups excluding carboxylic acids is 3. The van der Waals surface area contributed by atoms with Crippen molar-refractivity contribution in [3.8, 4) is 11.5 Å². The third-order valence-corrected chi connectivity index (χ3v) is 6.84. The Kier molecular flexibility index (Phi) is 6.71. The number of methoxy groups -OCH3 is 2. The lowest BCUT2D eigenvalue weighted by Gasteiger charge is -2.35. The fourth-order valence-corrected chi connectivity index (χ4v) is 5.04. The van der Waals surface area contributed by atoms with Crippen molar-refractivity contribution >= 4 is 34.9 Å². The molecule has 1 N–H and O–H groups in total. The average molecular weight is 555 g/mol. The summed E-state index contributed by atoms with van der Waals surface area (Å²) in [5, 5.41) is 1.40. The van der Waals surface area contributed by atoms with Crippen molar-refractivity contribution in [2.45, 2.75) is 38.4 Å². The van der Waals surface area contributed by atoms with Crippen LogP contribution in [-0.2, 0) is 9.59 Å². The van der Waals surface area contributed by atoms with Crippen LogP contribution in [0.2, 0.25) is 5.02 Å². The predicted octanol–water partition coefficient (Wildman–Crippen LogP) is 5.22. The molecule has 2 aliphatic rings. The van der Waals surface area contributed by atoms with Gasteiger partial charge in [-0.25, -0.2) is 4.39 Å². The molecule has 7 nitrogen and oxygen atoms in total. The molecule has 1 atom stereocenters. The third-order valence-electron chi connectivity index (χ3n) is 6.55. The molecule has 0 unspecified atom stereocenters. The van der Waals surface area contributed by atoms with E-state index in [4.69, 9.17) is 21.1 Å². The first kappa shape index (κ1) is 27.4. The van der Waals surface area contributed by atoms with E-state index in [9.17, 15) is 31.9 Å². The second-order valence-electron chi connectivity index (χ2n) is 9.77. The van der Waals surface area contributed by atoms with Gasteiger partial charge in [-0.2, -0.15) is 13.2 Å². The molecule has 202 valence electrons. The number of rotatable bonds is 5. The Morgan fingerprint density at radius 1 is 1.03 bits per heavy atom. The second-order valence-corrected chi connectivity index (χ2v) is 10.2. The maximum atomic E-state index is 15.0. The molecule has 1 heterocycles. The van der Waals surface area contributed by atoms with Gasteiger partial charge in [-0.05, 0) is 48.2 Å². The van der Waals surface area contributed by atoms with Crippen LogP contribution in [0.1, 0.15) is 37.0 Å². The van der Waals surface area contributed by atoms with Crippen molar-refractivity contribution in [1.82, 2.24) is 5.32 Å². The van der Waals surface area contributed by atoms with E-state index in [0.29, 0.717) is 4.90 Å². The number of carbonyl (C=O) groups is 3. The highest BCUT2D eigenvalue weighted by Gasteiger charge is 2.72. The topological polar surface area (TPSA) is 84.9 Å². The lowest BCUT2D eigenvalue weighted by atomic mass is 9.72. The number of anilines is 1. The van der Waals surface area contributed by atoms with Gasteiger partial charge in [0.25, 0.3) is 11.8 Å². The minimum atomic E-state index is -5.42. The van der Waals surface area contributed by atoms with Crippen LogP contribution in [0.25, 0.3) is 0 Å². The molecule has 0 saturated carbocycles. The number of nitrogens with one attached hydrogen (secondary N) is 1. The first-order chi connectivity index (χ1) is 17.7. The summed E-state index contributed by atoms with van der Waals surface area (Å²) in [6.45, 7) is 3.34. The summed E-state index contributed by atoms with van der Waals surface area (Å²) in [6, 6.07) is 6.63. The van der Waals surface area contributed by atoms with E-state index in [0.717, 1.165) is 24.3 Å². The van der Waals surface area contributed by atoms with Gasteiger partial charge in [0.15, 0.2) is 17.3 Å². The van der Waals surface area contributed by atoms with E-state index in [1.54, 1.807) is 13.8 Å². The number of ketones is 1. The molecule has 1 aliphatic heterocycles. The number of benzene rings is 2. The van der Waals surface area contributed by atoms with Gasteiger partial charge >= 0.3 is 6.18 Å². The van der Waals surface area contributed by atoms with E-state index in [2.05, 4.69) is 0 Å². The van der Waals surface area contributed by atoms with Crippen LogP contribution in [0.5, 0.6) is 11.5 Å². The Bertz CT molecular complexity index is 1390. The lowest BCUT2D eigenvalue weighted by molar-refractivity contribution is -0.186. The normalized spacial score (nSPS) is 20.9. The molecule has 0 radical (unpaired) electrons. The zero-order valence-electron chi connectivity index (χ0n) is 20.8. The molecule has 0 aromatic heterocycles. The molecule has 2 aromatic carbocycles. The van der Waals surface area contributed by atoms with Gasteiger partial charge in [-0.3, -0.25) is 19.3 Å². The first-order valence-corrected chi connectivity index (χ1v) is 11.7. The van der Waals surface area contributed by atoms with Crippen LogP contribution in [0, 0.1) is 11.2 Å². The average Bonchev–Trinajstić information content (AvgIpc) is 3.07. The molecule has 4 rings (SSSR count). The molecule has 0 saturated heterocycles. The van der Waals surface area contributed by atoms with Gasteiger partial charge in [-0.1, -0.05) is 25.4 Å². The molecule has 12 heteroatoms. The maximum Gasteiger partial charge on any atom is 0.425 e. The smallest absolute Gasteiger partial charge is 0.425 e. The molecule has 0 spiro atoms. The Balaban J connectivity index is 1.92. The fraction of sp³-hybridized carbons (Fsp3) is 0.346. The minimum absolute atomic E-state index is 0.0666. The van der Waals surface area contributed by atoms with Crippen LogP contribution < -0.4 is 19.7 Å². The van der Waals surface area contributed by atoms with E-state index in [1.165, 1.54) is 26.4 Å². The van der Waals surface area contributed by atoms with E-state index in [1.807, 2.05) is 5.32 Å². The SMILES string of the molecule is COc1ccc(C(=O)N[C@]2(C(F)(F)F)C(=O)N(c3ccc(F)c(Cl)c3)C3=C2C(=O)CC(C)(C)C3)cc1OC. The molecular formula is C26H23ClF4N2O5. The van der Waals surface area contributed by atoms with E-state index < -0.39 is 51.1 Å². The zero-order chi connectivity index (χ0) is 28.2. The summed E-state index contributed by atoms with van der Waals surface area (Å²) in [7, 11) is 2.62. The number of hydrogen-bond donors (Lipinski definition) is 1. The lowest BCUT2D eigenvalue weighted by Crippen LogP contribution is -2.66. The van der Waals surface area contributed by atoms with Gasteiger partial charge < -0.3 is 14.8 Å². The molecular weight excluding hydrogens is 532 g/mol. The Labute approximate surface area is 220 Å². The number of Topliss-reactive ketones (excluding diaryl/α,β-unsaturated/α-hetero) is 1.